The average Bonchev–Trinajstić information content (AvgIpc) is 2.70. The SMILES string of the molecule is C=C/C=C/N/C(NC(=O)NCc1cc(COC)ccc1OC(F)(F)F)=C(\CC)CSC. The summed E-state index contributed by atoms with van der Waals surface area (Å²) in [5.74, 6) is 0.823. The molecule has 0 radical (unpaired) electrons. The molecular weight excluding hydrogens is 431 g/mol. The Morgan fingerprint density at radius 2 is 2.06 bits per heavy atom. The number of alkyl halides is 3. The first-order valence-corrected chi connectivity index (χ1v) is 10.8. The van der Waals surface area contributed by atoms with E-state index in [0.717, 1.165) is 5.57 Å². The molecule has 0 saturated heterocycles. The first-order valence-electron chi connectivity index (χ1n) is 9.40. The van der Waals surface area contributed by atoms with Gasteiger partial charge in [-0.2, -0.15) is 11.8 Å². The highest BCUT2D eigenvalue weighted by Gasteiger charge is 2.32. The molecule has 1 rings (SSSR count). The average molecular weight is 460 g/mol. The Balaban J connectivity index is 2.98. The molecule has 2 amide bonds. The molecule has 0 atom stereocenters. The number of allylic oxidation sites excluding steroid dienone is 2. The van der Waals surface area contributed by atoms with Gasteiger partial charge in [0.2, 0.25) is 0 Å². The van der Waals surface area contributed by atoms with Gasteiger partial charge in [-0.3, -0.25) is 5.32 Å². The van der Waals surface area contributed by atoms with Gasteiger partial charge >= 0.3 is 12.4 Å². The molecule has 0 aliphatic heterocycles. The van der Waals surface area contributed by atoms with E-state index in [2.05, 4.69) is 27.3 Å². The fourth-order valence-electron chi connectivity index (χ4n) is 2.54. The van der Waals surface area contributed by atoms with Crippen molar-refractivity contribution in [2.45, 2.75) is 32.9 Å². The van der Waals surface area contributed by atoms with E-state index in [4.69, 9.17) is 4.74 Å². The quantitative estimate of drug-likeness (QED) is 0.392. The maximum absolute atomic E-state index is 12.7. The summed E-state index contributed by atoms with van der Waals surface area (Å²) >= 11 is 1.60. The zero-order valence-electron chi connectivity index (χ0n) is 17.8. The number of rotatable bonds is 12. The third-order valence-corrected chi connectivity index (χ3v) is 4.54. The van der Waals surface area contributed by atoms with Crippen molar-refractivity contribution in [2.24, 2.45) is 0 Å². The summed E-state index contributed by atoms with van der Waals surface area (Å²) in [4.78, 5) is 12.5. The number of hydrogen-bond donors (Lipinski definition) is 3. The van der Waals surface area contributed by atoms with E-state index in [-0.39, 0.29) is 24.5 Å². The minimum Gasteiger partial charge on any atom is -0.405 e. The van der Waals surface area contributed by atoms with Crippen LogP contribution in [0.5, 0.6) is 5.75 Å². The van der Waals surface area contributed by atoms with E-state index in [9.17, 15) is 18.0 Å². The molecule has 6 nitrogen and oxygen atoms in total. The van der Waals surface area contributed by atoms with Gasteiger partial charge in [-0.15, -0.1) is 13.2 Å². The zero-order chi connectivity index (χ0) is 23.3. The molecule has 1 aromatic carbocycles. The summed E-state index contributed by atoms with van der Waals surface area (Å²) in [6.07, 6.45) is 2.69. The van der Waals surface area contributed by atoms with E-state index < -0.39 is 12.4 Å². The van der Waals surface area contributed by atoms with Gasteiger partial charge in [-0.1, -0.05) is 25.6 Å². The molecule has 0 aromatic heterocycles. The summed E-state index contributed by atoms with van der Waals surface area (Å²) in [5.41, 5.74) is 1.80. The standard InChI is InChI=1S/C21H28F3N3O3S/c1-5-7-10-25-19(16(6-2)14-31-4)27-20(28)26-12-17-11-15(13-29-3)8-9-18(17)30-21(22,23)24/h5,7-11,25H,1,6,12-14H2,2-4H3,(H2,26,27,28)/b10-7+,19-16-. The Morgan fingerprint density at radius 3 is 2.65 bits per heavy atom. The summed E-state index contributed by atoms with van der Waals surface area (Å²) in [5, 5.41) is 8.30. The van der Waals surface area contributed by atoms with E-state index in [0.29, 0.717) is 23.6 Å². The molecule has 0 aliphatic carbocycles. The maximum atomic E-state index is 12.7. The van der Waals surface area contributed by atoms with E-state index in [1.54, 1.807) is 30.1 Å². The number of halogens is 3. The molecule has 0 saturated carbocycles. The Morgan fingerprint density at radius 1 is 1.32 bits per heavy atom. The molecule has 0 unspecified atom stereocenters. The number of nitrogens with one attached hydrogen (secondary N) is 3. The number of methoxy groups -OCH3 is 1. The van der Waals surface area contributed by atoms with Gasteiger partial charge in [0, 0.05) is 31.2 Å². The highest BCUT2D eigenvalue weighted by atomic mass is 32.2. The molecule has 0 bridgehead atoms. The van der Waals surface area contributed by atoms with Gasteiger partial charge < -0.3 is 20.1 Å². The summed E-state index contributed by atoms with van der Waals surface area (Å²) in [7, 11) is 1.48. The van der Waals surface area contributed by atoms with Crippen molar-refractivity contribution >= 4 is 17.8 Å². The second-order valence-electron chi connectivity index (χ2n) is 6.23. The van der Waals surface area contributed by atoms with Crippen LogP contribution < -0.4 is 20.7 Å². The second-order valence-corrected chi connectivity index (χ2v) is 7.10. The first-order chi connectivity index (χ1) is 14.7. The largest absolute Gasteiger partial charge is 0.573 e. The molecule has 0 heterocycles. The molecule has 172 valence electrons. The van der Waals surface area contributed by atoms with Crippen LogP contribution in [0, 0.1) is 0 Å². The van der Waals surface area contributed by atoms with Crippen LogP contribution >= 0.6 is 11.8 Å². The summed E-state index contributed by atoms with van der Waals surface area (Å²) in [6, 6.07) is 3.60. The van der Waals surface area contributed by atoms with Crippen LogP contribution in [0.25, 0.3) is 0 Å². The van der Waals surface area contributed by atoms with E-state index >= 15 is 0 Å². The van der Waals surface area contributed by atoms with Crippen molar-refractivity contribution < 1.29 is 27.4 Å². The Bertz CT molecular complexity index is 796. The number of urea groups is 1. The maximum Gasteiger partial charge on any atom is 0.573 e. The molecule has 10 heteroatoms. The van der Waals surface area contributed by atoms with Gasteiger partial charge in [0.15, 0.2) is 0 Å². The van der Waals surface area contributed by atoms with Crippen molar-refractivity contribution in [2.75, 3.05) is 19.1 Å². The third-order valence-electron chi connectivity index (χ3n) is 3.90. The molecule has 1 aromatic rings. The van der Waals surface area contributed by atoms with Gasteiger partial charge in [-0.25, -0.2) is 4.79 Å². The molecule has 3 N–H and O–H groups in total. The van der Waals surface area contributed by atoms with Crippen LogP contribution in [-0.2, 0) is 17.9 Å². The number of amides is 2. The van der Waals surface area contributed by atoms with Crippen LogP contribution in [-0.4, -0.2) is 31.5 Å². The number of thioether (sulfide) groups is 1. The fraction of sp³-hybridized carbons (Fsp3) is 0.381. The molecule has 0 fully saturated rings. The lowest BCUT2D eigenvalue weighted by atomic mass is 10.1. The lowest BCUT2D eigenvalue weighted by molar-refractivity contribution is -0.274. The number of carbonyl (C=O) groups is 1. The Labute approximate surface area is 184 Å². The lowest BCUT2D eigenvalue weighted by Gasteiger charge is -2.17. The number of ether oxygens (including phenoxy) is 2. The van der Waals surface area contributed by atoms with Crippen molar-refractivity contribution in [1.29, 1.82) is 0 Å². The molecule has 0 aliphatic rings. The van der Waals surface area contributed by atoms with Crippen LogP contribution in [0.4, 0.5) is 18.0 Å². The molecule has 31 heavy (non-hydrogen) atoms. The zero-order valence-corrected chi connectivity index (χ0v) is 18.6. The van der Waals surface area contributed by atoms with Crippen LogP contribution in [0.3, 0.4) is 0 Å². The van der Waals surface area contributed by atoms with E-state index in [1.807, 2.05) is 13.2 Å². The molecule has 0 spiro atoms. The summed E-state index contributed by atoms with van der Waals surface area (Å²) < 4.78 is 47.2. The van der Waals surface area contributed by atoms with Crippen LogP contribution in [0.15, 0.2) is 54.5 Å². The highest BCUT2D eigenvalue weighted by molar-refractivity contribution is 7.98. The first kappa shape index (κ1) is 26.4. The fourth-order valence-corrected chi connectivity index (χ4v) is 3.23. The highest BCUT2D eigenvalue weighted by Crippen LogP contribution is 2.27. The van der Waals surface area contributed by atoms with Gasteiger partial charge in [-0.05, 0) is 42.0 Å². The van der Waals surface area contributed by atoms with Crippen LogP contribution in [0.2, 0.25) is 0 Å². The van der Waals surface area contributed by atoms with Gasteiger partial charge in [0.05, 0.1) is 6.61 Å². The van der Waals surface area contributed by atoms with Crippen molar-refractivity contribution in [3.8, 4) is 5.75 Å². The van der Waals surface area contributed by atoms with Crippen molar-refractivity contribution in [1.82, 2.24) is 16.0 Å². The number of carbonyl (C=O) groups excluding carboxylic acids is 1. The minimum absolute atomic E-state index is 0.172. The third kappa shape index (κ3) is 10.3. The predicted molar refractivity (Wildman–Crippen MR) is 117 cm³/mol. The lowest BCUT2D eigenvalue weighted by Crippen LogP contribution is -2.38. The Kier molecular flexibility index (Phi) is 11.7. The van der Waals surface area contributed by atoms with Crippen molar-refractivity contribution in [3.63, 3.8) is 0 Å². The second kappa shape index (κ2) is 13.7. The number of hydrogen-bond acceptors (Lipinski definition) is 5. The normalized spacial score (nSPS) is 12.3. The predicted octanol–water partition coefficient (Wildman–Crippen LogP) is 4.80. The van der Waals surface area contributed by atoms with Crippen LogP contribution in [0.1, 0.15) is 24.5 Å². The Hall–Kier alpha value is -2.59. The van der Waals surface area contributed by atoms with Gasteiger partial charge in [0.1, 0.15) is 11.6 Å². The summed E-state index contributed by atoms with van der Waals surface area (Å²) in [6.45, 7) is 5.60. The smallest absolute Gasteiger partial charge is 0.405 e. The van der Waals surface area contributed by atoms with Gasteiger partial charge in [0.25, 0.3) is 0 Å². The number of benzene rings is 1. The topological polar surface area (TPSA) is 71.6 Å². The monoisotopic (exact) mass is 459 g/mol. The molecular formula is C21H28F3N3O3S. The van der Waals surface area contributed by atoms with Crippen molar-refractivity contribution in [3.05, 3.63) is 65.7 Å². The van der Waals surface area contributed by atoms with E-state index in [1.165, 1.54) is 25.3 Å². The minimum atomic E-state index is -4.84.